The van der Waals surface area contributed by atoms with Crippen molar-refractivity contribution < 1.29 is 0 Å². The molecule has 1 unspecified atom stereocenters. The molecule has 0 aromatic carbocycles. The van der Waals surface area contributed by atoms with Crippen LogP contribution in [0.2, 0.25) is 0 Å². The Morgan fingerprint density at radius 1 is 1.58 bits per heavy atom. The first-order valence-corrected chi connectivity index (χ1v) is 4.79. The fourth-order valence-electron chi connectivity index (χ4n) is 1.70. The molecule has 1 fully saturated rings. The van der Waals surface area contributed by atoms with Gasteiger partial charge in [-0.25, -0.2) is 0 Å². The van der Waals surface area contributed by atoms with Crippen molar-refractivity contribution in [3.63, 3.8) is 0 Å². The van der Waals surface area contributed by atoms with E-state index in [0.29, 0.717) is 6.04 Å². The van der Waals surface area contributed by atoms with Gasteiger partial charge in [0.1, 0.15) is 0 Å². The van der Waals surface area contributed by atoms with Gasteiger partial charge in [-0.3, -0.25) is 5.43 Å². The largest absolute Gasteiger partial charge is 0.264 e. The van der Waals surface area contributed by atoms with E-state index in [0.717, 1.165) is 6.42 Å². The molecule has 3 nitrogen and oxygen atoms in total. The van der Waals surface area contributed by atoms with Crippen LogP contribution in [-0.4, -0.2) is 6.04 Å². The molecule has 1 N–H and O–H groups in total. The molecule has 0 aromatic rings. The van der Waals surface area contributed by atoms with Gasteiger partial charge in [-0.2, -0.15) is 5.11 Å². The summed E-state index contributed by atoms with van der Waals surface area (Å²) in [4.78, 5) is 0. The molecule has 0 aromatic heterocycles. The van der Waals surface area contributed by atoms with Crippen molar-refractivity contribution in [2.45, 2.75) is 45.1 Å². The second-order valence-electron chi connectivity index (χ2n) is 3.49. The van der Waals surface area contributed by atoms with Gasteiger partial charge in [0.25, 0.3) is 0 Å². The maximum Gasteiger partial charge on any atom is 0.0962 e. The van der Waals surface area contributed by atoms with Gasteiger partial charge in [0.2, 0.25) is 0 Å². The predicted molar refractivity (Wildman–Crippen MR) is 47.6 cm³/mol. The maximum atomic E-state index is 4.11. The maximum absolute atomic E-state index is 4.11. The van der Waals surface area contributed by atoms with E-state index in [-0.39, 0.29) is 0 Å². The van der Waals surface area contributed by atoms with Crippen molar-refractivity contribution in [2.24, 2.45) is 10.3 Å². The molecule has 3 heteroatoms. The molecule has 0 radical (unpaired) electrons. The molecule has 2 aliphatic rings. The SMILES string of the molecule is CCCCC1=C2CCC2N=NN1. The van der Waals surface area contributed by atoms with Crippen LogP contribution in [0.5, 0.6) is 0 Å². The van der Waals surface area contributed by atoms with Crippen LogP contribution >= 0.6 is 0 Å². The fraction of sp³-hybridized carbons (Fsp3) is 0.778. The molecule has 1 atom stereocenters. The van der Waals surface area contributed by atoms with E-state index in [1.54, 1.807) is 0 Å². The average molecular weight is 165 g/mol. The van der Waals surface area contributed by atoms with Crippen LogP contribution in [0.25, 0.3) is 0 Å². The zero-order chi connectivity index (χ0) is 8.39. The van der Waals surface area contributed by atoms with Crippen molar-refractivity contribution in [3.05, 3.63) is 11.3 Å². The molecule has 1 aliphatic carbocycles. The minimum Gasteiger partial charge on any atom is -0.264 e. The minimum absolute atomic E-state index is 0.443. The summed E-state index contributed by atoms with van der Waals surface area (Å²) in [5.74, 6) is 0. The van der Waals surface area contributed by atoms with Crippen molar-refractivity contribution in [3.8, 4) is 0 Å². The third kappa shape index (κ3) is 1.24. The molecule has 0 saturated heterocycles. The Kier molecular flexibility index (Phi) is 2.11. The van der Waals surface area contributed by atoms with Crippen LogP contribution < -0.4 is 5.43 Å². The second-order valence-corrected chi connectivity index (χ2v) is 3.49. The van der Waals surface area contributed by atoms with Gasteiger partial charge in [-0.05, 0) is 31.3 Å². The standard InChI is InChI=1S/C9H15N3/c1-2-3-4-8-7-5-6-9(7)11-12-10-8/h9H,2-6H2,1H3,(H,10,11). The number of rotatable bonds is 3. The van der Waals surface area contributed by atoms with E-state index in [2.05, 4.69) is 22.7 Å². The highest BCUT2D eigenvalue weighted by molar-refractivity contribution is 5.26. The lowest BCUT2D eigenvalue weighted by Crippen LogP contribution is -2.28. The predicted octanol–water partition coefficient (Wildman–Crippen LogP) is 2.56. The molecule has 0 bridgehead atoms. The Morgan fingerprint density at radius 3 is 3.17 bits per heavy atom. The summed E-state index contributed by atoms with van der Waals surface area (Å²) < 4.78 is 0. The van der Waals surface area contributed by atoms with Crippen LogP contribution in [0.1, 0.15) is 39.0 Å². The van der Waals surface area contributed by atoms with Crippen LogP contribution in [0, 0.1) is 0 Å². The lowest BCUT2D eigenvalue weighted by Gasteiger charge is -2.31. The molecule has 1 aliphatic heterocycles. The smallest absolute Gasteiger partial charge is 0.0962 e. The Hall–Kier alpha value is -0.860. The topological polar surface area (TPSA) is 36.8 Å². The van der Waals surface area contributed by atoms with Crippen molar-refractivity contribution in [1.29, 1.82) is 0 Å². The zero-order valence-corrected chi connectivity index (χ0v) is 7.51. The van der Waals surface area contributed by atoms with Crippen molar-refractivity contribution in [2.75, 3.05) is 0 Å². The molecule has 66 valence electrons. The normalized spacial score (nSPS) is 26.2. The van der Waals surface area contributed by atoms with Crippen molar-refractivity contribution >= 4 is 0 Å². The summed E-state index contributed by atoms with van der Waals surface area (Å²) in [5.41, 5.74) is 5.89. The van der Waals surface area contributed by atoms with E-state index in [4.69, 9.17) is 0 Å². The lowest BCUT2D eigenvalue weighted by atomic mass is 9.84. The first-order valence-electron chi connectivity index (χ1n) is 4.79. The third-order valence-electron chi connectivity index (χ3n) is 2.64. The number of fused-ring (bicyclic) bond motifs is 1. The van der Waals surface area contributed by atoms with Crippen molar-refractivity contribution in [1.82, 2.24) is 5.43 Å². The van der Waals surface area contributed by atoms with Gasteiger partial charge < -0.3 is 0 Å². The van der Waals surface area contributed by atoms with E-state index in [9.17, 15) is 0 Å². The Balaban J connectivity index is 1.98. The van der Waals surface area contributed by atoms with Gasteiger partial charge >= 0.3 is 0 Å². The van der Waals surface area contributed by atoms with Gasteiger partial charge in [0, 0.05) is 5.70 Å². The molecular formula is C9H15N3. The van der Waals surface area contributed by atoms with Gasteiger partial charge in [-0.15, -0.1) is 0 Å². The third-order valence-corrected chi connectivity index (χ3v) is 2.64. The molecule has 1 saturated carbocycles. The van der Waals surface area contributed by atoms with Crippen LogP contribution in [-0.2, 0) is 0 Å². The van der Waals surface area contributed by atoms with Gasteiger partial charge in [-0.1, -0.05) is 18.6 Å². The van der Waals surface area contributed by atoms with Crippen LogP contribution in [0.15, 0.2) is 21.6 Å². The summed E-state index contributed by atoms with van der Waals surface area (Å²) in [7, 11) is 0. The highest BCUT2D eigenvalue weighted by Gasteiger charge is 2.29. The summed E-state index contributed by atoms with van der Waals surface area (Å²) in [6, 6.07) is 0.443. The monoisotopic (exact) mass is 165 g/mol. The summed E-state index contributed by atoms with van der Waals surface area (Å²) >= 11 is 0. The quantitative estimate of drug-likeness (QED) is 0.685. The van der Waals surface area contributed by atoms with Gasteiger partial charge in [0.05, 0.1) is 6.04 Å². The van der Waals surface area contributed by atoms with E-state index in [1.807, 2.05) is 0 Å². The molecule has 1 heterocycles. The number of hydrogen-bond donors (Lipinski definition) is 1. The number of unbranched alkanes of at least 4 members (excludes halogenated alkanes) is 1. The molecule has 2 rings (SSSR count). The first kappa shape index (κ1) is 7.77. The van der Waals surface area contributed by atoms with E-state index < -0.39 is 0 Å². The number of hydrogen-bond acceptors (Lipinski definition) is 3. The summed E-state index contributed by atoms with van der Waals surface area (Å²) in [6.07, 6.45) is 6.10. The van der Waals surface area contributed by atoms with Gasteiger partial charge in [0.15, 0.2) is 0 Å². The Bertz CT molecular complexity index is 230. The molecule has 0 amide bonds. The zero-order valence-electron chi connectivity index (χ0n) is 7.51. The molecular weight excluding hydrogens is 150 g/mol. The van der Waals surface area contributed by atoms with E-state index in [1.165, 1.54) is 37.0 Å². The lowest BCUT2D eigenvalue weighted by molar-refractivity contribution is 0.465. The number of allylic oxidation sites excluding steroid dienone is 1. The number of nitrogens with one attached hydrogen (secondary N) is 1. The Morgan fingerprint density at radius 2 is 2.50 bits per heavy atom. The van der Waals surface area contributed by atoms with Crippen LogP contribution in [0.3, 0.4) is 0 Å². The molecule has 12 heavy (non-hydrogen) atoms. The Labute approximate surface area is 72.9 Å². The summed E-state index contributed by atoms with van der Waals surface area (Å²) in [6.45, 7) is 2.22. The van der Waals surface area contributed by atoms with E-state index >= 15 is 0 Å². The minimum atomic E-state index is 0.443. The molecule has 0 spiro atoms. The number of nitrogens with zero attached hydrogens (tertiary/aromatic N) is 2. The van der Waals surface area contributed by atoms with Crippen LogP contribution in [0.4, 0.5) is 0 Å². The summed E-state index contributed by atoms with van der Waals surface area (Å²) in [5, 5.41) is 8.02. The first-order chi connectivity index (χ1) is 5.92. The average Bonchev–Trinajstić information content (AvgIpc) is 2.04. The second kappa shape index (κ2) is 3.25. The fourth-order valence-corrected chi connectivity index (χ4v) is 1.70. The highest BCUT2D eigenvalue weighted by atomic mass is 15.4. The highest BCUT2D eigenvalue weighted by Crippen LogP contribution is 2.35.